The van der Waals surface area contributed by atoms with E-state index in [2.05, 4.69) is 16.3 Å². The summed E-state index contributed by atoms with van der Waals surface area (Å²) < 4.78 is 7.49. The van der Waals surface area contributed by atoms with Crippen molar-refractivity contribution in [3.8, 4) is 17.3 Å². The van der Waals surface area contributed by atoms with Crippen molar-refractivity contribution in [2.75, 3.05) is 0 Å². The van der Waals surface area contributed by atoms with Gasteiger partial charge in [-0.3, -0.25) is 14.7 Å². The van der Waals surface area contributed by atoms with E-state index in [1.54, 1.807) is 18.4 Å². The molecule has 0 radical (unpaired) electrons. The topological polar surface area (TPSA) is 87.0 Å². The largest absolute Gasteiger partial charge is 0.461 e. The molecule has 0 aliphatic heterocycles. The second-order valence-corrected chi connectivity index (χ2v) is 7.11. The summed E-state index contributed by atoms with van der Waals surface area (Å²) in [4.78, 5) is 10.4. The zero-order chi connectivity index (χ0) is 19.5. The first-order valence-corrected chi connectivity index (χ1v) is 9.53. The van der Waals surface area contributed by atoms with Crippen LogP contribution in [0, 0.1) is 17.0 Å². The van der Waals surface area contributed by atoms with E-state index in [1.807, 2.05) is 41.8 Å². The number of aromatic nitrogens is 3. The van der Waals surface area contributed by atoms with Crippen LogP contribution in [-0.2, 0) is 5.75 Å². The maximum Gasteiger partial charge on any atom is 0.269 e. The van der Waals surface area contributed by atoms with E-state index in [0.717, 1.165) is 22.0 Å². The lowest BCUT2D eigenvalue weighted by atomic mass is 10.2. The summed E-state index contributed by atoms with van der Waals surface area (Å²) in [7, 11) is 0. The van der Waals surface area contributed by atoms with Gasteiger partial charge in [0.2, 0.25) is 5.82 Å². The quantitative estimate of drug-likeness (QED) is 0.260. The van der Waals surface area contributed by atoms with Gasteiger partial charge in [-0.25, -0.2) is 0 Å². The van der Waals surface area contributed by atoms with Gasteiger partial charge in [0.15, 0.2) is 10.9 Å². The maximum absolute atomic E-state index is 10.8. The van der Waals surface area contributed by atoms with E-state index in [-0.39, 0.29) is 5.69 Å². The highest BCUT2D eigenvalue weighted by atomic mass is 32.2. The van der Waals surface area contributed by atoms with Gasteiger partial charge in [-0.1, -0.05) is 36.0 Å². The van der Waals surface area contributed by atoms with E-state index in [1.165, 1.54) is 23.9 Å². The van der Waals surface area contributed by atoms with Crippen molar-refractivity contribution in [3.63, 3.8) is 0 Å². The number of furan rings is 1. The zero-order valence-electron chi connectivity index (χ0n) is 15.0. The molecule has 0 N–H and O–H groups in total. The molecular formula is C20H16N4O3S. The summed E-state index contributed by atoms with van der Waals surface area (Å²) in [6, 6.07) is 18.3. The van der Waals surface area contributed by atoms with Crippen LogP contribution in [0.5, 0.6) is 0 Å². The molecule has 4 rings (SSSR count). The molecule has 2 heterocycles. The van der Waals surface area contributed by atoms with Crippen molar-refractivity contribution < 1.29 is 9.34 Å². The van der Waals surface area contributed by atoms with Crippen molar-refractivity contribution in [2.45, 2.75) is 17.8 Å². The molecule has 0 aliphatic rings. The Morgan fingerprint density at radius 1 is 1.11 bits per heavy atom. The summed E-state index contributed by atoms with van der Waals surface area (Å²) in [5, 5.41) is 20.2. The first kappa shape index (κ1) is 18.0. The summed E-state index contributed by atoms with van der Waals surface area (Å²) in [6.45, 7) is 2.03. The molecule has 140 valence electrons. The van der Waals surface area contributed by atoms with Crippen LogP contribution in [0.4, 0.5) is 5.69 Å². The molecule has 8 heteroatoms. The number of thioether (sulfide) groups is 1. The Morgan fingerprint density at radius 3 is 2.61 bits per heavy atom. The molecule has 0 amide bonds. The van der Waals surface area contributed by atoms with Gasteiger partial charge in [-0.15, -0.1) is 10.2 Å². The normalized spacial score (nSPS) is 10.9. The molecule has 2 aromatic carbocycles. The van der Waals surface area contributed by atoms with Crippen LogP contribution in [-0.4, -0.2) is 19.7 Å². The van der Waals surface area contributed by atoms with Gasteiger partial charge < -0.3 is 4.42 Å². The molecule has 0 atom stereocenters. The molecule has 4 aromatic rings. The van der Waals surface area contributed by atoms with Gasteiger partial charge in [0.25, 0.3) is 5.69 Å². The lowest BCUT2D eigenvalue weighted by molar-refractivity contribution is -0.384. The Morgan fingerprint density at radius 2 is 1.93 bits per heavy atom. The molecule has 0 saturated carbocycles. The summed E-state index contributed by atoms with van der Waals surface area (Å²) in [5.74, 6) is 1.87. The molecule has 0 spiro atoms. The van der Waals surface area contributed by atoms with Crippen molar-refractivity contribution in [2.24, 2.45) is 0 Å². The third kappa shape index (κ3) is 3.67. The molecule has 7 nitrogen and oxygen atoms in total. The molecule has 0 aliphatic carbocycles. The fourth-order valence-electron chi connectivity index (χ4n) is 2.79. The number of nitro benzene ring substituents is 1. The maximum atomic E-state index is 10.8. The summed E-state index contributed by atoms with van der Waals surface area (Å²) in [5.41, 5.74) is 3.12. The number of benzene rings is 2. The second kappa shape index (κ2) is 7.69. The molecule has 28 heavy (non-hydrogen) atoms. The Labute approximate surface area is 165 Å². The van der Waals surface area contributed by atoms with E-state index in [0.29, 0.717) is 17.3 Å². The lowest BCUT2D eigenvalue weighted by Crippen LogP contribution is -1.99. The van der Waals surface area contributed by atoms with Gasteiger partial charge in [-0.2, -0.15) is 0 Å². The molecular weight excluding hydrogens is 376 g/mol. The standard InChI is InChI=1S/C20H16N4O3S/c1-14-4-2-5-17(12-14)23-19(18-6-3-11-27-18)21-22-20(23)28-13-15-7-9-16(10-8-15)24(25)26/h2-12H,13H2,1H3. The third-order valence-electron chi connectivity index (χ3n) is 4.15. The number of hydrogen-bond acceptors (Lipinski definition) is 6. The monoisotopic (exact) mass is 392 g/mol. The highest BCUT2D eigenvalue weighted by molar-refractivity contribution is 7.98. The van der Waals surface area contributed by atoms with Crippen molar-refractivity contribution in [1.29, 1.82) is 0 Å². The molecule has 0 saturated heterocycles. The Balaban J connectivity index is 1.66. The first-order chi connectivity index (χ1) is 13.6. The number of hydrogen-bond donors (Lipinski definition) is 0. The number of nitrogens with zero attached hydrogens (tertiary/aromatic N) is 4. The first-order valence-electron chi connectivity index (χ1n) is 8.54. The average Bonchev–Trinajstić information content (AvgIpc) is 3.36. The fraction of sp³-hybridized carbons (Fsp3) is 0.100. The van der Waals surface area contributed by atoms with Crippen molar-refractivity contribution >= 4 is 17.4 Å². The van der Waals surface area contributed by atoms with Crippen LogP contribution >= 0.6 is 11.8 Å². The van der Waals surface area contributed by atoms with Gasteiger partial charge in [-0.05, 0) is 42.3 Å². The Bertz CT molecular complexity index is 1100. The molecule has 0 bridgehead atoms. The number of aryl methyl sites for hydroxylation is 1. The second-order valence-electron chi connectivity index (χ2n) is 6.17. The van der Waals surface area contributed by atoms with Crippen LogP contribution in [0.3, 0.4) is 0 Å². The minimum absolute atomic E-state index is 0.0804. The fourth-order valence-corrected chi connectivity index (χ4v) is 3.70. The SMILES string of the molecule is Cc1cccc(-n2c(SCc3ccc([N+](=O)[O-])cc3)nnc2-c2ccco2)c1. The number of rotatable bonds is 6. The van der Waals surface area contributed by atoms with Crippen LogP contribution in [0.1, 0.15) is 11.1 Å². The van der Waals surface area contributed by atoms with Crippen LogP contribution in [0.2, 0.25) is 0 Å². The lowest BCUT2D eigenvalue weighted by Gasteiger charge is -2.10. The number of nitro groups is 1. The van der Waals surface area contributed by atoms with Crippen LogP contribution in [0.25, 0.3) is 17.3 Å². The number of non-ortho nitro benzene ring substituents is 1. The minimum Gasteiger partial charge on any atom is -0.461 e. The van der Waals surface area contributed by atoms with Gasteiger partial charge in [0, 0.05) is 17.9 Å². The van der Waals surface area contributed by atoms with E-state index >= 15 is 0 Å². The van der Waals surface area contributed by atoms with E-state index < -0.39 is 4.92 Å². The average molecular weight is 392 g/mol. The van der Waals surface area contributed by atoms with Gasteiger partial charge in [0.1, 0.15) is 0 Å². The van der Waals surface area contributed by atoms with Gasteiger partial charge >= 0.3 is 0 Å². The predicted octanol–water partition coefficient (Wildman–Crippen LogP) is 5.04. The van der Waals surface area contributed by atoms with Crippen LogP contribution in [0.15, 0.2) is 76.5 Å². The molecule has 0 fully saturated rings. The van der Waals surface area contributed by atoms with E-state index in [4.69, 9.17) is 4.42 Å². The highest BCUT2D eigenvalue weighted by Gasteiger charge is 2.18. The smallest absolute Gasteiger partial charge is 0.269 e. The predicted molar refractivity (Wildman–Crippen MR) is 106 cm³/mol. The molecule has 2 aromatic heterocycles. The third-order valence-corrected chi connectivity index (χ3v) is 5.15. The summed E-state index contributed by atoms with van der Waals surface area (Å²) in [6.07, 6.45) is 1.61. The van der Waals surface area contributed by atoms with Crippen LogP contribution < -0.4 is 0 Å². The molecule has 0 unspecified atom stereocenters. The van der Waals surface area contributed by atoms with Crippen molar-refractivity contribution in [3.05, 3.63) is 88.2 Å². The zero-order valence-corrected chi connectivity index (χ0v) is 15.8. The van der Waals surface area contributed by atoms with E-state index in [9.17, 15) is 10.1 Å². The van der Waals surface area contributed by atoms with Gasteiger partial charge in [0.05, 0.1) is 16.9 Å². The highest BCUT2D eigenvalue weighted by Crippen LogP contribution is 2.30. The van der Waals surface area contributed by atoms with Crippen molar-refractivity contribution in [1.82, 2.24) is 14.8 Å². The minimum atomic E-state index is -0.402. The Hall–Kier alpha value is -3.39. The summed E-state index contributed by atoms with van der Waals surface area (Å²) >= 11 is 1.51. The Kier molecular flexibility index (Phi) is 4.94.